The van der Waals surface area contributed by atoms with Gasteiger partial charge in [0.15, 0.2) is 17.0 Å². The second-order valence-corrected chi connectivity index (χ2v) is 11.2. The van der Waals surface area contributed by atoms with Gasteiger partial charge < -0.3 is 20.3 Å². The fourth-order valence-corrected chi connectivity index (χ4v) is 5.62. The van der Waals surface area contributed by atoms with Gasteiger partial charge in [0.05, 0.1) is 23.9 Å². The Morgan fingerprint density at radius 1 is 1.11 bits per heavy atom. The molecule has 1 saturated carbocycles. The van der Waals surface area contributed by atoms with Crippen LogP contribution in [0.2, 0.25) is 0 Å². The number of hydrogen-bond acceptors (Lipinski definition) is 8. The summed E-state index contributed by atoms with van der Waals surface area (Å²) in [6, 6.07) is 7.44. The van der Waals surface area contributed by atoms with E-state index < -0.39 is 10.0 Å². The van der Waals surface area contributed by atoms with Crippen molar-refractivity contribution in [1.29, 1.82) is 0 Å². The molecule has 4 rings (SSSR count). The number of fused-ring (bicyclic) bond motifs is 1. The van der Waals surface area contributed by atoms with E-state index in [0.29, 0.717) is 29.4 Å². The summed E-state index contributed by atoms with van der Waals surface area (Å²) in [5, 5.41) is 16.6. The summed E-state index contributed by atoms with van der Waals surface area (Å²) in [6.45, 7) is 4.75. The van der Waals surface area contributed by atoms with Crippen molar-refractivity contribution in [2.75, 3.05) is 27.7 Å². The third kappa shape index (κ3) is 5.84. The minimum Gasteiger partial charge on any atom is -0.393 e. The van der Waals surface area contributed by atoms with Gasteiger partial charge in [0.2, 0.25) is 16.0 Å². The highest BCUT2D eigenvalue weighted by Gasteiger charge is 2.22. The van der Waals surface area contributed by atoms with Crippen LogP contribution in [0, 0.1) is 0 Å². The van der Waals surface area contributed by atoms with Crippen LogP contribution in [0.3, 0.4) is 0 Å². The van der Waals surface area contributed by atoms with Crippen LogP contribution in [0.4, 0.5) is 23.1 Å². The van der Waals surface area contributed by atoms with Crippen molar-refractivity contribution in [3.05, 3.63) is 30.6 Å². The average molecular weight is 502 g/mol. The lowest BCUT2D eigenvalue weighted by Gasteiger charge is -2.26. The normalized spacial score (nSPS) is 18.5. The van der Waals surface area contributed by atoms with Gasteiger partial charge in [0, 0.05) is 25.3 Å². The van der Waals surface area contributed by atoms with Gasteiger partial charge in [-0.1, -0.05) is 13.3 Å². The summed E-state index contributed by atoms with van der Waals surface area (Å²) < 4.78 is 28.4. The lowest BCUT2D eigenvalue weighted by Crippen LogP contribution is -2.29. The molecule has 1 aliphatic rings. The summed E-state index contributed by atoms with van der Waals surface area (Å²) in [5.74, 6) is 1.24. The van der Waals surface area contributed by atoms with Gasteiger partial charge in [-0.3, -0.25) is 4.31 Å². The van der Waals surface area contributed by atoms with E-state index in [1.54, 1.807) is 25.5 Å². The first kappa shape index (κ1) is 25.2. The molecule has 10 nitrogen and oxygen atoms in total. The van der Waals surface area contributed by atoms with Crippen LogP contribution in [0.15, 0.2) is 30.6 Å². The number of hydrogen-bond donors (Lipinski definition) is 3. The third-order valence-corrected chi connectivity index (χ3v) is 8.35. The molecule has 0 bridgehead atoms. The molecule has 0 saturated heterocycles. The highest BCUT2D eigenvalue weighted by Crippen LogP contribution is 2.28. The third-order valence-electron chi connectivity index (χ3n) is 6.50. The van der Waals surface area contributed by atoms with Crippen LogP contribution >= 0.6 is 0 Å². The predicted molar refractivity (Wildman–Crippen MR) is 140 cm³/mol. The highest BCUT2D eigenvalue weighted by molar-refractivity contribution is 7.92. The number of anilines is 4. The SMILES string of the molecule is CCCCS(=O)(=O)N(C)c1ccc(Nc2nc(NC3CCC(O)CC3)nc3c2ncn3CC)cc1. The summed E-state index contributed by atoms with van der Waals surface area (Å²) >= 11 is 0. The van der Waals surface area contributed by atoms with Crippen LogP contribution in [-0.2, 0) is 16.6 Å². The second kappa shape index (κ2) is 10.8. The number of imidazole rings is 1. The fourth-order valence-electron chi connectivity index (χ4n) is 4.25. The van der Waals surface area contributed by atoms with Gasteiger partial charge in [-0.15, -0.1) is 0 Å². The molecule has 2 aromatic heterocycles. The molecule has 11 heteroatoms. The minimum absolute atomic E-state index is 0.134. The Balaban J connectivity index is 1.56. The van der Waals surface area contributed by atoms with Gasteiger partial charge in [0.25, 0.3) is 0 Å². The summed E-state index contributed by atoms with van der Waals surface area (Å²) in [7, 11) is -1.76. The summed E-state index contributed by atoms with van der Waals surface area (Å²) in [6.07, 6.45) is 6.28. The fraction of sp³-hybridized carbons (Fsp3) is 0.542. The van der Waals surface area contributed by atoms with Crippen LogP contribution in [0.25, 0.3) is 11.2 Å². The van der Waals surface area contributed by atoms with Crippen molar-refractivity contribution in [3.8, 4) is 0 Å². The Morgan fingerprint density at radius 2 is 1.83 bits per heavy atom. The van der Waals surface area contributed by atoms with E-state index in [2.05, 4.69) is 15.6 Å². The van der Waals surface area contributed by atoms with E-state index in [4.69, 9.17) is 9.97 Å². The molecule has 1 aromatic carbocycles. The van der Waals surface area contributed by atoms with E-state index >= 15 is 0 Å². The Labute approximate surface area is 206 Å². The molecular weight excluding hydrogens is 466 g/mol. The quantitative estimate of drug-likeness (QED) is 0.382. The first-order valence-corrected chi connectivity index (χ1v) is 13.9. The van der Waals surface area contributed by atoms with Gasteiger partial charge in [0.1, 0.15) is 0 Å². The topological polar surface area (TPSA) is 125 Å². The maximum atomic E-state index is 12.5. The molecule has 1 fully saturated rings. The molecule has 0 radical (unpaired) electrons. The van der Waals surface area contributed by atoms with Gasteiger partial charge in [-0.25, -0.2) is 13.4 Å². The zero-order valence-electron chi connectivity index (χ0n) is 20.6. The molecule has 3 aromatic rings. The van der Waals surface area contributed by atoms with E-state index in [1.807, 2.05) is 30.5 Å². The largest absolute Gasteiger partial charge is 0.393 e. The lowest BCUT2D eigenvalue weighted by atomic mass is 9.93. The van der Waals surface area contributed by atoms with Crippen molar-refractivity contribution in [3.63, 3.8) is 0 Å². The van der Waals surface area contributed by atoms with E-state index in [-0.39, 0.29) is 17.9 Å². The number of aliphatic hydroxyl groups is 1. The number of nitrogens with zero attached hydrogens (tertiary/aromatic N) is 5. The summed E-state index contributed by atoms with van der Waals surface area (Å²) in [4.78, 5) is 13.9. The standard InChI is InChI=1S/C24H35N7O3S/c1-4-6-15-35(33,34)30(3)19-11-7-17(8-12-19)26-22-21-23(31(5-2)16-25-21)29-24(28-22)27-18-9-13-20(32)14-10-18/h7-8,11-12,16,18,20,32H,4-6,9-10,13-15H2,1-3H3,(H2,26,27,28,29). The van der Waals surface area contributed by atoms with E-state index in [0.717, 1.165) is 50.0 Å². The molecule has 35 heavy (non-hydrogen) atoms. The van der Waals surface area contributed by atoms with Crippen LogP contribution in [-0.4, -0.2) is 58.0 Å². The summed E-state index contributed by atoms with van der Waals surface area (Å²) in [5.41, 5.74) is 2.78. The molecule has 3 N–H and O–H groups in total. The Hall–Kier alpha value is -2.92. The maximum Gasteiger partial charge on any atom is 0.234 e. The average Bonchev–Trinajstić information content (AvgIpc) is 3.27. The molecule has 0 unspecified atom stereocenters. The number of nitrogens with one attached hydrogen (secondary N) is 2. The smallest absolute Gasteiger partial charge is 0.234 e. The van der Waals surface area contributed by atoms with Crippen LogP contribution in [0.1, 0.15) is 52.4 Å². The van der Waals surface area contributed by atoms with Gasteiger partial charge in [-0.05, 0) is 63.3 Å². The van der Waals surface area contributed by atoms with Crippen LogP contribution < -0.4 is 14.9 Å². The number of aromatic nitrogens is 4. The number of unbranched alkanes of at least 4 members (excludes halogenated alkanes) is 1. The molecule has 0 atom stereocenters. The van der Waals surface area contributed by atoms with Crippen LogP contribution in [0.5, 0.6) is 0 Å². The Morgan fingerprint density at radius 3 is 2.49 bits per heavy atom. The Kier molecular flexibility index (Phi) is 7.75. The first-order chi connectivity index (χ1) is 16.8. The van der Waals surface area contributed by atoms with E-state index in [1.165, 1.54) is 4.31 Å². The predicted octanol–water partition coefficient (Wildman–Crippen LogP) is 3.87. The second-order valence-electron chi connectivity index (χ2n) is 9.06. The zero-order chi connectivity index (χ0) is 25.0. The van der Waals surface area contributed by atoms with Gasteiger partial charge >= 0.3 is 0 Å². The van der Waals surface area contributed by atoms with Gasteiger partial charge in [-0.2, -0.15) is 9.97 Å². The number of rotatable bonds is 10. The molecule has 0 amide bonds. The molecule has 2 heterocycles. The maximum absolute atomic E-state index is 12.5. The lowest BCUT2D eigenvalue weighted by molar-refractivity contribution is 0.126. The van der Waals surface area contributed by atoms with Crippen molar-refractivity contribution < 1.29 is 13.5 Å². The number of sulfonamides is 1. The molecule has 0 spiro atoms. The molecule has 0 aliphatic heterocycles. The highest BCUT2D eigenvalue weighted by atomic mass is 32.2. The Bertz CT molecular complexity index is 1240. The number of aryl methyl sites for hydroxylation is 1. The number of benzene rings is 1. The zero-order valence-corrected chi connectivity index (χ0v) is 21.4. The number of aliphatic hydroxyl groups excluding tert-OH is 1. The monoisotopic (exact) mass is 501 g/mol. The van der Waals surface area contributed by atoms with Crippen molar-refractivity contribution >= 4 is 44.3 Å². The molecule has 190 valence electrons. The van der Waals surface area contributed by atoms with Crippen molar-refractivity contribution in [1.82, 2.24) is 19.5 Å². The van der Waals surface area contributed by atoms with Crippen molar-refractivity contribution in [2.24, 2.45) is 0 Å². The van der Waals surface area contributed by atoms with E-state index in [9.17, 15) is 13.5 Å². The van der Waals surface area contributed by atoms with Crippen molar-refractivity contribution in [2.45, 2.75) is 71.1 Å². The minimum atomic E-state index is -3.34. The molecule has 1 aliphatic carbocycles. The first-order valence-electron chi connectivity index (χ1n) is 12.3. The molecular formula is C24H35N7O3S.